The first-order chi connectivity index (χ1) is 12.0. The zero-order valence-electron chi connectivity index (χ0n) is 14.6. The lowest BCUT2D eigenvalue weighted by atomic mass is 9.81. The van der Waals surface area contributed by atoms with E-state index < -0.39 is 0 Å². The molecule has 0 spiro atoms. The van der Waals surface area contributed by atoms with Gasteiger partial charge in [-0.1, -0.05) is 37.6 Å². The van der Waals surface area contributed by atoms with E-state index >= 15 is 0 Å². The van der Waals surface area contributed by atoms with Crippen LogP contribution in [0.4, 0.5) is 5.95 Å². The summed E-state index contributed by atoms with van der Waals surface area (Å²) in [5.74, 6) is 0.602. The Balaban J connectivity index is 1.65. The number of hydrogen-bond acceptors (Lipinski definition) is 5. The van der Waals surface area contributed by atoms with Gasteiger partial charge < -0.3 is 5.32 Å². The minimum Gasteiger partial charge on any atom is -0.324 e. The Kier molecular flexibility index (Phi) is 3.88. The van der Waals surface area contributed by atoms with Crippen LogP contribution in [-0.2, 0) is 0 Å². The second-order valence-electron chi connectivity index (χ2n) is 7.13. The fraction of sp³-hybridized carbons (Fsp3) is 0.250. The number of benzene rings is 1. The van der Waals surface area contributed by atoms with Crippen LogP contribution in [0.2, 0.25) is 0 Å². The lowest BCUT2D eigenvalue weighted by Crippen LogP contribution is -2.16. The molecule has 0 atom stereocenters. The minimum absolute atomic E-state index is 0.145. The van der Waals surface area contributed by atoms with Crippen LogP contribution in [0, 0.1) is 5.41 Å². The molecule has 2 heterocycles. The van der Waals surface area contributed by atoms with E-state index in [1.807, 2.05) is 24.3 Å². The zero-order valence-corrected chi connectivity index (χ0v) is 15.4. The average molecular weight is 348 g/mol. The summed E-state index contributed by atoms with van der Waals surface area (Å²) in [5.41, 5.74) is 4.40. The first kappa shape index (κ1) is 16.0. The second-order valence-corrected chi connectivity index (χ2v) is 8.16. The maximum atomic E-state index is 4.68. The van der Waals surface area contributed by atoms with E-state index in [0.29, 0.717) is 5.95 Å². The van der Waals surface area contributed by atoms with Gasteiger partial charge in [0, 0.05) is 11.9 Å². The third kappa shape index (κ3) is 3.46. The second kappa shape index (κ2) is 6.08. The summed E-state index contributed by atoms with van der Waals surface area (Å²) < 4.78 is 1.17. The number of rotatable bonds is 3. The maximum absolute atomic E-state index is 4.68. The molecule has 0 fully saturated rings. The number of para-hydroxylation sites is 1. The first-order valence-corrected chi connectivity index (χ1v) is 9.16. The summed E-state index contributed by atoms with van der Waals surface area (Å²) in [5, 5.41) is 4.26. The van der Waals surface area contributed by atoms with Crippen LogP contribution in [0.1, 0.15) is 27.2 Å². The van der Waals surface area contributed by atoms with E-state index in [4.69, 9.17) is 0 Å². The molecular weight excluding hydrogens is 328 g/mol. The molecule has 0 amide bonds. The first-order valence-electron chi connectivity index (χ1n) is 8.35. The average Bonchev–Trinajstić information content (AvgIpc) is 2.97. The van der Waals surface area contributed by atoms with Crippen molar-refractivity contribution in [3.05, 3.63) is 60.0 Å². The molecule has 0 saturated heterocycles. The largest absolute Gasteiger partial charge is 0.324 e. The van der Waals surface area contributed by atoms with Crippen LogP contribution < -0.4 is 5.32 Å². The molecule has 126 valence electrons. The Bertz CT molecular complexity index is 965. The number of nitrogens with zero attached hydrogens (tertiary/aromatic N) is 3. The molecule has 1 N–H and O–H groups in total. The van der Waals surface area contributed by atoms with Crippen molar-refractivity contribution in [3.8, 4) is 10.7 Å². The monoisotopic (exact) mass is 348 g/mol. The quantitative estimate of drug-likeness (QED) is 0.686. The Hall–Kier alpha value is -2.53. The van der Waals surface area contributed by atoms with Crippen molar-refractivity contribution in [2.45, 2.75) is 27.2 Å². The van der Waals surface area contributed by atoms with Crippen LogP contribution >= 0.6 is 11.3 Å². The molecule has 1 aliphatic rings. The number of allylic oxidation sites excluding steroid dienone is 3. The fourth-order valence-corrected chi connectivity index (χ4v) is 4.21. The topological polar surface area (TPSA) is 50.7 Å². The lowest BCUT2D eigenvalue weighted by Gasteiger charge is -2.26. The predicted molar refractivity (Wildman–Crippen MR) is 105 cm³/mol. The van der Waals surface area contributed by atoms with E-state index in [-0.39, 0.29) is 5.41 Å². The van der Waals surface area contributed by atoms with Crippen LogP contribution in [0.5, 0.6) is 0 Å². The van der Waals surface area contributed by atoms with Crippen molar-refractivity contribution in [2.24, 2.45) is 5.41 Å². The highest BCUT2D eigenvalue weighted by Crippen LogP contribution is 2.33. The molecule has 25 heavy (non-hydrogen) atoms. The molecule has 4 rings (SSSR count). The molecule has 0 aliphatic heterocycles. The molecule has 2 aromatic heterocycles. The normalized spacial score (nSPS) is 16.4. The fourth-order valence-electron chi connectivity index (χ4n) is 3.27. The van der Waals surface area contributed by atoms with Gasteiger partial charge >= 0.3 is 0 Å². The highest BCUT2D eigenvalue weighted by Gasteiger charge is 2.20. The molecule has 1 aliphatic carbocycles. The van der Waals surface area contributed by atoms with Crippen LogP contribution in [0.25, 0.3) is 20.9 Å². The third-order valence-electron chi connectivity index (χ3n) is 4.11. The smallest absolute Gasteiger partial charge is 0.227 e. The van der Waals surface area contributed by atoms with E-state index in [2.05, 4.69) is 59.3 Å². The van der Waals surface area contributed by atoms with Crippen molar-refractivity contribution in [2.75, 3.05) is 5.32 Å². The molecule has 3 aromatic rings. The standard InChI is InChI=1S/C20H20N4S/c1-13-10-14(12-20(2,3)11-13)22-19-21-9-8-16(24-19)18-23-15-6-4-5-7-17(15)25-18/h4-10,12H,11H2,1-3H3,(H,21,22,24). The zero-order chi connectivity index (χ0) is 17.4. The number of hydrogen-bond donors (Lipinski definition) is 1. The van der Waals surface area contributed by atoms with Crippen molar-refractivity contribution in [3.63, 3.8) is 0 Å². The van der Waals surface area contributed by atoms with Crippen LogP contribution in [0.15, 0.2) is 60.0 Å². The molecule has 4 nitrogen and oxygen atoms in total. The summed E-state index contributed by atoms with van der Waals surface area (Å²) >= 11 is 1.65. The van der Waals surface area contributed by atoms with Gasteiger partial charge in [0.25, 0.3) is 0 Å². The van der Waals surface area contributed by atoms with E-state index in [1.54, 1.807) is 17.5 Å². The predicted octanol–water partition coefficient (Wildman–Crippen LogP) is 5.43. The summed E-state index contributed by atoms with van der Waals surface area (Å²) in [4.78, 5) is 13.7. The maximum Gasteiger partial charge on any atom is 0.227 e. The summed E-state index contributed by atoms with van der Waals surface area (Å²) in [6, 6.07) is 10.1. The van der Waals surface area contributed by atoms with Gasteiger partial charge in [-0.05, 0) is 43.0 Å². The van der Waals surface area contributed by atoms with E-state index in [1.165, 1.54) is 10.3 Å². The van der Waals surface area contributed by atoms with Gasteiger partial charge in [-0.3, -0.25) is 0 Å². The van der Waals surface area contributed by atoms with Crippen molar-refractivity contribution in [1.82, 2.24) is 15.0 Å². The molecule has 0 unspecified atom stereocenters. The van der Waals surface area contributed by atoms with Gasteiger partial charge in [0.2, 0.25) is 5.95 Å². The van der Waals surface area contributed by atoms with Crippen molar-refractivity contribution in [1.29, 1.82) is 0 Å². The molecule has 5 heteroatoms. The molecule has 1 aromatic carbocycles. The van der Waals surface area contributed by atoms with Gasteiger partial charge in [0.1, 0.15) is 10.7 Å². The van der Waals surface area contributed by atoms with Gasteiger partial charge in [-0.15, -0.1) is 11.3 Å². The Morgan fingerprint density at radius 1 is 1.12 bits per heavy atom. The highest BCUT2D eigenvalue weighted by atomic mass is 32.1. The summed E-state index contributed by atoms with van der Waals surface area (Å²) in [6.07, 6.45) is 7.26. The third-order valence-corrected chi connectivity index (χ3v) is 5.17. The van der Waals surface area contributed by atoms with Crippen molar-refractivity contribution >= 4 is 27.5 Å². The Morgan fingerprint density at radius 2 is 1.96 bits per heavy atom. The van der Waals surface area contributed by atoms with E-state index in [9.17, 15) is 0 Å². The Labute approximate surface area is 151 Å². The molecular formula is C20H20N4S. The van der Waals surface area contributed by atoms with Gasteiger partial charge in [-0.25, -0.2) is 15.0 Å². The molecule has 0 radical (unpaired) electrons. The summed E-state index contributed by atoms with van der Waals surface area (Å²) in [6.45, 7) is 6.64. The van der Waals surface area contributed by atoms with Crippen LogP contribution in [-0.4, -0.2) is 15.0 Å². The van der Waals surface area contributed by atoms with Gasteiger partial charge in [0.05, 0.1) is 10.2 Å². The number of nitrogens with one attached hydrogen (secondary N) is 1. The summed E-state index contributed by atoms with van der Waals surface area (Å²) in [7, 11) is 0. The molecule has 0 bridgehead atoms. The number of aromatic nitrogens is 3. The lowest BCUT2D eigenvalue weighted by molar-refractivity contribution is 0.467. The minimum atomic E-state index is 0.145. The van der Waals surface area contributed by atoms with Gasteiger partial charge in [-0.2, -0.15) is 0 Å². The number of fused-ring (bicyclic) bond motifs is 1. The van der Waals surface area contributed by atoms with Gasteiger partial charge in [0.15, 0.2) is 0 Å². The number of thiazole rings is 1. The number of anilines is 1. The van der Waals surface area contributed by atoms with Crippen LogP contribution in [0.3, 0.4) is 0 Å². The highest BCUT2D eigenvalue weighted by molar-refractivity contribution is 7.21. The molecule has 0 saturated carbocycles. The Morgan fingerprint density at radius 3 is 2.76 bits per heavy atom. The van der Waals surface area contributed by atoms with E-state index in [0.717, 1.165) is 28.3 Å². The van der Waals surface area contributed by atoms with Crippen molar-refractivity contribution < 1.29 is 0 Å². The SMILES string of the molecule is CC1=CC(Nc2nccc(-c3nc4ccccc4s3)n2)=CC(C)(C)C1.